The standard InChI is InChI=1S/C40H32N4O2S2/c41-24-35-34-20-21-44(25-27-10-3-1-4-11-27)26-36(34)48-40(35)43-39(46)37(29-13-5-2-6-14-29)47-33-17-9-16-32(23-33)42-38(45)31-19-18-28-12-7-8-15-30(28)22-31/h1-19,22-23,37H,20-21,25-26H2,(H,42,45)(H,43,46). The minimum Gasteiger partial charge on any atom is -0.322 e. The number of hydrogen-bond acceptors (Lipinski definition) is 6. The van der Waals surface area contributed by atoms with Gasteiger partial charge in [-0.1, -0.05) is 97.1 Å². The summed E-state index contributed by atoms with van der Waals surface area (Å²) in [5, 5.41) is 18.4. The molecule has 0 saturated carbocycles. The van der Waals surface area contributed by atoms with E-state index in [1.54, 1.807) is 0 Å². The second-order valence-corrected chi connectivity index (χ2v) is 14.0. The topological polar surface area (TPSA) is 85.2 Å². The zero-order chi connectivity index (χ0) is 32.9. The van der Waals surface area contributed by atoms with Crippen molar-refractivity contribution in [3.05, 3.63) is 160 Å². The first kappa shape index (κ1) is 31.4. The third kappa shape index (κ3) is 7.04. The van der Waals surface area contributed by atoms with Crippen LogP contribution in [0.15, 0.2) is 132 Å². The first-order chi connectivity index (χ1) is 23.5. The molecule has 6 aromatic rings. The average Bonchev–Trinajstić information content (AvgIpc) is 3.47. The van der Waals surface area contributed by atoms with E-state index in [0.717, 1.165) is 57.7 Å². The van der Waals surface area contributed by atoms with E-state index in [-0.39, 0.29) is 11.8 Å². The maximum Gasteiger partial charge on any atom is 0.255 e. The molecule has 6 nitrogen and oxygen atoms in total. The number of anilines is 2. The van der Waals surface area contributed by atoms with Crippen molar-refractivity contribution in [3.63, 3.8) is 0 Å². The number of carbonyl (C=O) groups excluding carboxylic acids is 2. The number of fused-ring (bicyclic) bond motifs is 2. The number of carbonyl (C=O) groups is 2. The molecule has 0 bridgehead atoms. The summed E-state index contributed by atoms with van der Waals surface area (Å²) in [6.07, 6.45) is 0.770. The summed E-state index contributed by atoms with van der Waals surface area (Å²) in [7, 11) is 0. The van der Waals surface area contributed by atoms with Gasteiger partial charge in [-0.05, 0) is 64.2 Å². The zero-order valence-corrected chi connectivity index (χ0v) is 27.7. The van der Waals surface area contributed by atoms with Gasteiger partial charge in [0.25, 0.3) is 5.91 Å². The van der Waals surface area contributed by atoms with Crippen molar-refractivity contribution in [3.8, 4) is 6.07 Å². The molecule has 7 rings (SSSR count). The number of benzene rings is 5. The quantitative estimate of drug-likeness (QED) is 0.151. The summed E-state index contributed by atoms with van der Waals surface area (Å²) in [5.74, 6) is -0.402. The van der Waals surface area contributed by atoms with E-state index in [1.807, 2.05) is 103 Å². The second kappa shape index (κ2) is 14.3. The van der Waals surface area contributed by atoms with Gasteiger partial charge in [-0.25, -0.2) is 0 Å². The van der Waals surface area contributed by atoms with Crippen LogP contribution in [-0.4, -0.2) is 23.3 Å². The largest absolute Gasteiger partial charge is 0.322 e. The Labute approximate surface area is 288 Å². The minimum absolute atomic E-state index is 0.201. The molecular weight excluding hydrogens is 633 g/mol. The summed E-state index contributed by atoms with van der Waals surface area (Å²) < 4.78 is 0. The van der Waals surface area contributed by atoms with Crippen LogP contribution in [-0.2, 0) is 24.3 Å². The van der Waals surface area contributed by atoms with E-state index < -0.39 is 5.25 Å². The molecule has 0 radical (unpaired) electrons. The highest BCUT2D eigenvalue weighted by Gasteiger charge is 2.28. The van der Waals surface area contributed by atoms with Crippen LogP contribution in [0.2, 0.25) is 0 Å². The van der Waals surface area contributed by atoms with Crippen molar-refractivity contribution in [2.45, 2.75) is 29.7 Å². The Morgan fingerprint density at radius 2 is 1.58 bits per heavy atom. The fourth-order valence-electron chi connectivity index (χ4n) is 6.03. The summed E-state index contributed by atoms with van der Waals surface area (Å²) in [5.41, 5.74) is 4.93. The Morgan fingerprint density at radius 1 is 0.833 bits per heavy atom. The molecule has 2 N–H and O–H groups in total. The fraction of sp³-hybridized carbons (Fsp3) is 0.125. The van der Waals surface area contributed by atoms with Crippen molar-refractivity contribution in [2.75, 3.05) is 17.2 Å². The molecule has 48 heavy (non-hydrogen) atoms. The third-order valence-corrected chi connectivity index (χ3v) is 10.8. The van der Waals surface area contributed by atoms with Crippen LogP contribution in [0.25, 0.3) is 10.8 Å². The van der Waals surface area contributed by atoms with Gasteiger partial charge in [-0.3, -0.25) is 14.5 Å². The highest BCUT2D eigenvalue weighted by molar-refractivity contribution is 8.00. The molecule has 5 aromatic carbocycles. The minimum atomic E-state index is -0.585. The van der Waals surface area contributed by atoms with Crippen molar-refractivity contribution >= 4 is 56.4 Å². The van der Waals surface area contributed by atoms with Crippen LogP contribution in [0.5, 0.6) is 0 Å². The van der Waals surface area contributed by atoms with Gasteiger partial charge in [0.05, 0.1) is 5.56 Å². The first-order valence-electron chi connectivity index (χ1n) is 15.8. The molecular formula is C40H32N4O2S2. The van der Waals surface area contributed by atoms with Gasteiger partial charge in [0.1, 0.15) is 16.3 Å². The number of amides is 2. The van der Waals surface area contributed by atoms with Crippen molar-refractivity contribution < 1.29 is 9.59 Å². The molecule has 2 heterocycles. The Hall–Kier alpha value is -5.20. The molecule has 1 aliphatic heterocycles. The van der Waals surface area contributed by atoms with E-state index in [2.05, 4.69) is 45.9 Å². The zero-order valence-electron chi connectivity index (χ0n) is 26.1. The monoisotopic (exact) mass is 664 g/mol. The lowest BCUT2D eigenvalue weighted by atomic mass is 10.0. The normalized spacial score (nSPS) is 13.3. The summed E-state index contributed by atoms with van der Waals surface area (Å²) in [6, 6.07) is 43.6. The van der Waals surface area contributed by atoms with Gasteiger partial charge >= 0.3 is 0 Å². The highest BCUT2D eigenvalue weighted by atomic mass is 32.2. The maximum atomic E-state index is 14.0. The van der Waals surface area contributed by atoms with E-state index in [0.29, 0.717) is 21.8 Å². The number of nitrogens with zero attached hydrogens (tertiary/aromatic N) is 2. The third-order valence-electron chi connectivity index (χ3n) is 8.43. The molecule has 1 aromatic heterocycles. The van der Waals surface area contributed by atoms with E-state index >= 15 is 0 Å². The van der Waals surface area contributed by atoms with Crippen LogP contribution in [0.4, 0.5) is 10.7 Å². The lowest BCUT2D eigenvalue weighted by Gasteiger charge is -2.26. The molecule has 0 fully saturated rings. The van der Waals surface area contributed by atoms with Crippen LogP contribution >= 0.6 is 23.1 Å². The number of rotatable bonds is 9. The van der Waals surface area contributed by atoms with Crippen molar-refractivity contribution in [1.29, 1.82) is 5.26 Å². The molecule has 1 aliphatic rings. The molecule has 1 atom stereocenters. The number of nitrogens with one attached hydrogen (secondary N) is 2. The van der Waals surface area contributed by atoms with Gasteiger partial charge in [0, 0.05) is 40.7 Å². The summed E-state index contributed by atoms with van der Waals surface area (Å²) in [4.78, 5) is 31.6. The van der Waals surface area contributed by atoms with Gasteiger partial charge < -0.3 is 10.6 Å². The molecule has 236 valence electrons. The summed E-state index contributed by atoms with van der Waals surface area (Å²) >= 11 is 2.91. The van der Waals surface area contributed by atoms with Crippen LogP contribution < -0.4 is 10.6 Å². The smallest absolute Gasteiger partial charge is 0.255 e. The predicted octanol–water partition coefficient (Wildman–Crippen LogP) is 9.06. The number of hydrogen-bond donors (Lipinski definition) is 2. The second-order valence-electron chi connectivity index (χ2n) is 11.7. The van der Waals surface area contributed by atoms with E-state index in [1.165, 1.54) is 28.7 Å². The van der Waals surface area contributed by atoms with Gasteiger partial charge in [-0.2, -0.15) is 5.26 Å². The van der Waals surface area contributed by atoms with Crippen molar-refractivity contribution in [2.24, 2.45) is 0 Å². The Morgan fingerprint density at radius 3 is 2.38 bits per heavy atom. The van der Waals surface area contributed by atoms with Gasteiger partial charge in [0.15, 0.2) is 0 Å². The summed E-state index contributed by atoms with van der Waals surface area (Å²) in [6.45, 7) is 2.45. The van der Waals surface area contributed by atoms with Crippen LogP contribution in [0.3, 0.4) is 0 Å². The van der Waals surface area contributed by atoms with Crippen LogP contribution in [0, 0.1) is 11.3 Å². The first-order valence-corrected chi connectivity index (χ1v) is 17.5. The molecule has 2 amide bonds. The van der Waals surface area contributed by atoms with Gasteiger partial charge in [0.2, 0.25) is 5.91 Å². The lowest BCUT2D eigenvalue weighted by molar-refractivity contribution is -0.115. The van der Waals surface area contributed by atoms with E-state index in [4.69, 9.17) is 0 Å². The number of thiophene rings is 1. The number of thioether (sulfide) groups is 1. The predicted molar refractivity (Wildman–Crippen MR) is 195 cm³/mol. The molecule has 1 unspecified atom stereocenters. The maximum absolute atomic E-state index is 14.0. The average molecular weight is 665 g/mol. The molecule has 0 spiro atoms. The van der Waals surface area contributed by atoms with Crippen LogP contribution in [0.1, 0.15) is 42.7 Å². The molecule has 8 heteroatoms. The van der Waals surface area contributed by atoms with Crippen molar-refractivity contribution in [1.82, 2.24) is 4.90 Å². The number of nitriles is 1. The SMILES string of the molecule is N#Cc1c(NC(=O)C(Sc2cccc(NC(=O)c3ccc4ccccc4c3)c2)c2ccccc2)sc2c1CCN(Cc1ccccc1)C2. The lowest BCUT2D eigenvalue weighted by Crippen LogP contribution is -2.29. The van der Waals surface area contributed by atoms with Gasteiger partial charge in [-0.15, -0.1) is 23.1 Å². The fourth-order valence-corrected chi connectivity index (χ4v) is 8.36. The Kier molecular flexibility index (Phi) is 9.34. The highest BCUT2D eigenvalue weighted by Crippen LogP contribution is 2.41. The Bertz CT molecular complexity index is 2140. The molecule has 0 aliphatic carbocycles. The Balaban J connectivity index is 1.09. The van der Waals surface area contributed by atoms with E-state index in [9.17, 15) is 14.9 Å². The molecule has 0 saturated heterocycles.